The molecule has 0 spiro atoms. The molecule has 2 fully saturated rings. The van der Waals surface area contributed by atoms with Crippen LogP contribution in [0.15, 0.2) is 48.5 Å². The van der Waals surface area contributed by atoms with Crippen LogP contribution in [0.5, 0.6) is 0 Å². The fraction of sp³-hybridized carbons (Fsp3) is 0.333. The Morgan fingerprint density at radius 2 is 1.85 bits per heavy atom. The van der Waals surface area contributed by atoms with Crippen LogP contribution in [-0.2, 0) is 15.1 Å². The molecule has 33 heavy (non-hydrogen) atoms. The first-order chi connectivity index (χ1) is 15.8. The first-order valence-electron chi connectivity index (χ1n) is 10.9. The van der Waals surface area contributed by atoms with Crippen LogP contribution in [0.2, 0.25) is 0 Å². The quantitative estimate of drug-likeness (QED) is 0.596. The van der Waals surface area contributed by atoms with Gasteiger partial charge in [0.1, 0.15) is 17.9 Å². The first kappa shape index (κ1) is 21.5. The van der Waals surface area contributed by atoms with E-state index in [-0.39, 0.29) is 12.5 Å². The zero-order chi connectivity index (χ0) is 23.2. The number of hydrogen-bond donors (Lipinski definition) is 1. The lowest BCUT2D eigenvalue weighted by Gasteiger charge is -2.32. The SMILES string of the molecule is C[C@]1(c2ccc(F)cc2)NC(=O)N(CC(=O)N2CCC(c3nc4ccccc4s3)CC2)C1=O. The minimum absolute atomic E-state index is 0.260. The summed E-state index contributed by atoms with van der Waals surface area (Å²) < 4.78 is 14.4. The van der Waals surface area contributed by atoms with Gasteiger partial charge in [-0.1, -0.05) is 24.3 Å². The van der Waals surface area contributed by atoms with Crippen molar-refractivity contribution in [3.8, 4) is 0 Å². The second-order valence-corrected chi connectivity index (χ2v) is 9.69. The molecule has 9 heteroatoms. The molecule has 170 valence electrons. The number of fused-ring (bicyclic) bond motifs is 1. The molecule has 4 amide bonds. The number of thiazole rings is 1. The van der Waals surface area contributed by atoms with Gasteiger partial charge in [-0.15, -0.1) is 11.3 Å². The molecule has 0 unspecified atom stereocenters. The Morgan fingerprint density at radius 1 is 1.15 bits per heavy atom. The minimum Gasteiger partial charge on any atom is -0.341 e. The van der Waals surface area contributed by atoms with Crippen molar-refractivity contribution in [2.75, 3.05) is 19.6 Å². The van der Waals surface area contributed by atoms with Gasteiger partial charge in [0.2, 0.25) is 5.91 Å². The van der Waals surface area contributed by atoms with E-state index in [2.05, 4.69) is 11.4 Å². The molecule has 0 bridgehead atoms. The van der Waals surface area contributed by atoms with Crippen molar-refractivity contribution >= 4 is 39.4 Å². The average Bonchev–Trinajstić information content (AvgIpc) is 3.35. The molecule has 0 saturated carbocycles. The van der Waals surface area contributed by atoms with Gasteiger partial charge in [0.15, 0.2) is 0 Å². The average molecular weight is 467 g/mol. The van der Waals surface area contributed by atoms with E-state index >= 15 is 0 Å². The third-order valence-corrected chi connectivity index (χ3v) is 7.70. The van der Waals surface area contributed by atoms with Gasteiger partial charge in [0.05, 0.1) is 15.2 Å². The number of nitrogens with one attached hydrogen (secondary N) is 1. The first-order valence-corrected chi connectivity index (χ1v) is 11.7. The maximum atomic E-state index is 13.3. The van der Waals surface area contributed by atoms with Crippen LogP contribution < -0.4 is 5.32 Å². The van der Waals surface area contributed by atoms with Gasteiger partial charge in [-0.05, 0) is 49.6 Å². The van der Waals surface area contributed by atoms with Gasteiger partial charge in [0, 0.05) is 19.0 Å². The predicted octanol–water partition coefficient (Wildman–Crippen LogP) is 3.61. The molecule has 3 aromatic rings. The summed E-state index contributed by atoms with van der Waals surface area (Å²) in [6, 6.07) is 12.8. The number of halogens is 1. The van der Waals surface area contributed by atoms with Crippen molar-refractivity contribution in [2.24, 2.45) is 0 Å². The highest BCUT2D eigenvalue weighted by Crippen LogP contribution is 2.34. The summed E-state index contributed by atoms with van der Waals surface area (Å²) >= 11 is 1.69. The Labute approximate surface area is 194 Å². The lowest BCUT2D eigenvalue weighted by Crippen LogP contribution is -2.46. The second-order valence-electron chi connectivity index (χ2n) is 8.63. The molecule has 5 rings (SSSR count). The van der Waals surface area contributed by atoms with Crippen LogP contribution in [0, 0.1) is 5.82 Å². The highest BCUT2D eigenvalue weighted by atomic mass is 32.1. The van der Waals surface area contributed by atoms with Crippen LogP contribution in [0.3, 0.4) is 0 Å². The van der Waals surface area contributed by atoms with Crippen LogP contribution in [-0.4, -0.2) is 52.3 Å². The Kier molecular flexibility index (Phi) is 5.36. The van der Waals surface area contributed by atoms with Gasteiger partial charge >= 0.3 is 6.03 Å². The summed E-state index contributed by atoms with van der Waals surface area (Å²) in [6.45, 7) is 2.36. The maximum Gasteiger partial charge on any atom is 0.325 e. The van der Waals surface area contributed by atoms with Crippen molar-refractivity contribution in [2.45, 2.75) is 31.2 Å². The molecule has 3 heterocycles. The third kappa shape index (κ3) is 3.86. The van der Waals surface area contributed by atoms with E-state index in [1.165, 1.54) is 24.3 Å². The van der Waals surface area contributed by atoms with E-state index in [1.54, 1.807) is 23.2 Å². The van der Waals surface area contributed by atoms with Crippen LogP contribution in [0.25, 0.3) is 10.2 Å². The van der Waals surface area contributed by atoms with Crippen molar-refractivity contribution in [3.05, 3.63) is 64.9 Å². The van der Waals surface area contributed by atoms with Crippen molar-refractivity contribution in [1.29, 1.82) is 0 Å². The Bertz CT molecular complexity index is 1200. The van der Waals surface area contributed by atoms with Gasteiger partial charge in [0.25, 0.3) is 5.91 Å². The largest absolute Gasteiger partial charge is 0.341 e. The number of amides is 4. The number of likely N-dealkylation sites (tertiary alicyclic amines) is 1. The molecule has 2 aliphatic heterocycles. The molecular formula is C24H23FN4O3S. The number of hydrogen-bond acceptors (Lipinski definition) is 5. The monoisotopic (exact) mass is 466 g/mol. The van der Waals surface area contributed by atoms with E-state index < -0.39 is 23.3 Å². The highest BCUT2D eigenvalue weighted by molar-refractivity contribution is 7.18. The highest BCUT2D eigenvalue weighted by Gasteiger charge is 2.49. The number of rotatable bonds is 4. The molecule has 2 aliphatic rings. The predicted molar refractivity (Wildman–Crippen MR) is 122 cm³/mol. The number of benzene rings is 2. The molecule has 7 nitrogen and oxygen atoms in total. The molecule has 2 aromatic carbocycles. The smallest absolute Gasteiger partial charge is 0.325 e. The molecule has 0 aliphatic carbocycles. The molecule has 1 N–H and O–H groups in total. The maximum absolute atomic E-state index is 13.3. The summed E-state index contributed by atoms with van der Waals surface area (Å²) in [7, 11) is 0. The minimum atomic E-state index is -1.33. The lowest BCUT2D eigenvalue weighted by molar-refractivity contribution is -0.139. The summed E-state index contributed by atoms with van der Waals surface area (Å²) in [4.78, 5) is 45.9. The number of nitrogens with zero attached hydrogens (tertiary/aromatic N) is 3. The Morgan fingerprint density at radius 3 is 2.55 bits per heavy atom. The number of piperidine rings is 1. The molecular weight excluding hydrogens is 443 g/mol. The van der Waals surface area contributed by atoms with Crippen molar-refractivity contribution in [3.63, 3.8) is 0 Å². The Hall–Kier alpha value is -3.33. The van der Waals surface area contributed by atoms with E-state index in [0.717, 1.165) is 33.0 Å². The van der Waals surface area contributed by atoms with Crippen molar-refractivity contribution < 1.29 is 18.8 Å². The Balaban J connectivity index is 1.22. The number of carbonyl (C=O) groups is 3. The number of carbonyl (C=O) groups excluding carboxylic acids is 3. The third-order valence-electron chi connectivity index (χ3n) is 6.50. The summed E-state index contributed by atoms with van der Waals surface area (Å²) in [5.74, 6) is -0.910. The topological polar surface area (TPSA) is 82.6 Å². The summed E-state index contributed by atoms with van der Waals surface area (Å²) in [6.07, 6.45) is 1.58. The fourth-order valence-corrected chi connectivity index (χ4v) is 5.63. The summed E-state index contributed by atoms with van der Waals surface area (Å²) in [5, 5.41) is 3.74. The van der Waals surface area contributed by atoms with Crippen molar-refractivity contribution in [1.82, 2.24) is 20.1 Å². The standard InChI is InChI=1S/C24H23FN4O3S/c1-24(16-6-8-17(25)9-7-16)22(31)29(23(32)27-24)14-20(30)28-12-10-15(11-13-28)21-26-18-4-2-3-5-19(18)33-21/h2-9,15H,10-14H2,1H3,(H,27,32)/t24-/m1/s1. The van der Waals surface area contributed by atoms with E-state index in [0.29, 0.717) is 24.6 Å². The number of imide groups is 1. The number of para-hydroxylation sites is 1. The van der Waals surface area contributed by atoms with Gasteiger partial charge in [-0.2, -0.15) is 0 Å². The van der Waals surface area contributed by atoms with E-state index in [4.69, 9.17) is 4.98 Å². The van der Waals surface area contributed by atoms with Crippen LogP contribution >= 0.6 is 11.3 Å². The summed E-state index contributed by atoms with van der Waals surface area (Å²) in [5.41, 5.74) is 0.137. The zero-order valence-corrected chi connectivity index (χ0v) is 18.9. The molecule has 1 aromatic heterocycles. The number of aromatic nitrogens is 1. The van der Waals surface area contributed by atoms with Crippen LogP contribution in [0.1, 0.15) is 36.3 Å². The molecule has 2 saturated heterocycles. The van der Waals surface area contributed by atoms with E-state index in [1.807, 2.05) is 18.2 Å². The zero-order valence-electron chi connectivity index (χ0n) is 18.1. The van der Waals surface area contributed by atoms with E-state index in [9.17, 15) is 18.8 Å². The normalized spacial score (nSPS) is 21.6. The van der Waals surface area contributed by atoms with Crippen LogP contribution in [0.4, 0.5) is 9.18 Å². The van der Waals surface area contributed by atoms with Gasteiger partial charge in [-0.3, -0.25) is 14.5 Å². The number of urea groups is 1. The molecule has 1 atom stereocenters. The second kappa shape index (κ2) is 8.22. The fourth-order valence-electron chi connectivity index (χ4n) is 4.50. The molecule has 0 radical (unpaired) electrons. The van der Waals surface area contributed by atoms with Gasteiger partial charge in [-0.25, -0.2) is 14.2 Å². The lowest BCUT2D eigenvalue weighted by atomic mass is 9.92. The van der Waals surface area contributed by atoms with Gasteiger partial charge < -0.3 is 10.2 Å².